The summed E-state index contributed by atoms with van der Waals surface area (Å²) < 4.78 is 0. The van der Waals surface area contributed by atoms with Crippen molar-refractivity contribution in [3.63, 3.8) is 0 Å². The van der Waals surface area contributed by atoms with E-state index in [9.17, 15) is 4.79 Å². The van der Waals surface area contributed by atoms with Crippen LogP contribution in [0.15, 0.2) is 79.1 Å². The largest absolute Gasteiger partial charge is 0.352 e. The third-order valence-electron chi connectivity index (χ3n) is 3.68. The van der Waals surface area contributed by atoms with Crippen LogP contribution in [0.4, 0.5) is 0 Å². The number of carbonyl (C=O) groups is 1. The molecule has 0 saturated heterocycles. The highest BCUT2D eigenvalue weighted by atomic mass is 16.1. The van der Waals surface area contributed by atoms with Crippen molar-refractivity contribution in [3.05, 3.63) is 90.3 Å². The van der Waals surface area contributed by atoms with Crippen LogP contribution in [0, 0.1) is 0 Å². The Morgan fingerprint density at radius 2 is 1.56 bits per heavy atom. The summed E-state index contributed by atoms with van der Waals surface area (Å²) >= 11 is 0. The molecule has 4 nitrogen and oxygen atoms in total. The molecule has 0 aliphatic rings. The maximum absolute atomic E-state index is 11.8. The van der Waals surface area contributed by atoms with Crippen LogP contribution in [0.2, 0.25) is 0 Å². The van der Waals surface area contributed by atoms with E-state index in [-0.39, 0.29) is 5.91 Å². The number of nitrogens with zero attached hydrogens (tertiary/aromatic N) is 2. The number of amides is 1. The molecule has 0 spiro atoms. The quantitative estimate of drug-likeness (QED) is 0.704. The first-order valence-corrected chi connectivity index (χ1v) is 8.18. The maximum Gasteiger partial charge on any atom is 0.244 e. The van der Waals surface area contributed by atoms with Gasteiger partial charge < -0.3 is 5.32 Å². The van der Waals surface area contributed by atoms with Gasteiger partial charge in [-0.15, -0.1) is 0 Å². The minimum atomic E-state index is -0.106. The molecule has 0 radical (unpaired) electrons. The lowest BCUT2D eigenvalue weighted by Gasteiger charge is -2.04. The molecule has 0 saturated carbocycles. The van der Waals surface area contributed by atoms with Gasteiger partial charge in [0.2, 0.25) is 5.91 Å². The van der Waals surface area contributed by atoms with Gasteiger partial charge in [0.25, 0.3) is 0 Å². The zero-order valence-electron chi connectivity index (χ0n) is 13.8. The van der Waals surface area contributed by atoms with Crippen molar-refractivity contribution in [1.29, 1.82) is 0 Å². The summed E-state index contributed by atoms with van der Waals surface area (Å²) in [5.74, 6) is 0.602. The van der Waals surface area contributed by atoms with Gasteiger partial charge in [-0.3, -0.25) is 4.79 Å². The second-order valence-corrected chi connectivity index (χ2v) is 5.57. The van der Waals surface area contributed by atoms with Crippen molar-refractivity contribution in [2.75, 3.05) is 6.54 Å². The number of carbonyl (C=O) groups excluding carboxylic acids is 1. The molecule has 1 heterocycles. The molecule has 1 amide bonds. The second kappa shape index (κ2) is 8.55. The van der Waals surface area contributed by atoms with Crippen molar-refractivity contribution in [2.45, 2.75) is 6.42 Å². The summed E-state index contributed by atoms with van der Waals surface area (Å²) in [4.78, 5) is 20.6. The first-order valence-electron chi connectivity index (χ1n) is 8.18. The van der Waals surface area contributed by atoms with Gasteiger partial charge in [-0.05, 0) is 23.6 Å². The average molecular weight is 329 g/mol. The zero-order valence-corrected chi connectivity index (χ0v) is 13.8. The van der Waals surface area contributed by atoms with Gasteiger partial charge in [0.05, 0.1) is 0 Å². The van der Waals surface area contributed by atoms with Gasteiger partial charge in [0.1, 0.15) is 0 Å². The molecule has 0 fully saturated rings. The van der Waals surface area contributed by atoms with Gasteiger partial charge in [0, 0.05) is 30.6 Å². The average Bonchev–Trinajstić information content (AvgIpc) is 2.68. The van der Waals surface area contributed by atoms with E-state index >= 15 is 0 Å². The topological polar surface area (TPSA) is 54.9 Å². The number of nitrogens with one attached hydrogen (secondary N) is 1. The Bertz CT molecular complexity index is 828. The predicted octanol–water partition coefficient (Wildman–Crippen LogP) is 3.52. The predicted molar refractivity (Wildman–Crippen MR) is 99.7 cm³/mol. The zero-order chi connectivity index (χ0) is 17.3. The number of benzene rings is 2. The Hall–Kier alpha value is -3.27. The molecule has 0 aliphatic carbocycles. The van der Waals surface area contributed by atoms with Crippen LogP contribution in [0.3, 0.4) is 0 Å². The van der Waals surface area contributed by atoms with E-state index in [0.717, 1.165) is 16.7 Å². The van der Waals surface area contributed by atoms with E-state index in [1.165, 1.54) is 0 Å². The van der Waals surface area contributed by atoms with Crippen LogP contribution in [0.1, 0.15) is 11.1 Å². The lowest BCUT2D eigenvalue weighted by atomic mass is 10.2. The van der Waals surface area contributed by atoms with Crippen LogP contribution < -0.4 is 5.32 Å². The fourth-order valence-electron chi connectivity index (χ4n) is 2.35. The van der Waals surface area contributed by atoms with Gasteiger partial charge in [0.15, 0.2) is 5.82 Å². The lowest BCUT2D eigenvalue weighted by Crippen LogP contribution is -2.23. The Kier molecular flexibility index (Phi) is 5.67. The third-order valence-corrected chi connectivity index (χ3v) is 3.68. The molecule has 0 aliphatic heterocycles. The molecule has 0 unspecified atom stereocenters. The molecule has 1 aromatic heterocycles. The number of rotatable bonds is 6. The summed E-state index contributed by atoms with van der Waals surface area (Å²) in [5, 5.41) is 2.87. The monoisotopic (exact) mass is 329 g/mol. The van der Waals surface area contributed by atoms with E-state index in [1.807, 2.05) is 60.7 Å². The Balaban J connectivity index is 1.47. The fraction of sp³-hybridized carbons (Fsp3) is 0.0952. The summed E-state index contributed by atoms with van der Waals surface area (Å²) in [5.41, 5.74) is 2.99. The van der Waals surface area contributed by atoms with E-state index in [4.69, 9.17) is 0 Å². The number of hydrogen-bond donors (Lipinski definition) is 1. The van der Waals surface area contributed by atoms with Crippen LogP contribution in [0.5, 0.6) is 0 Å². The van der Waals surface area contributed by atoms with E-state index < -0.39 is 0 Å². The third kappa shape index (κ3) is 5.11. The highest BCUT2D eigenvalue weighted by Gasteiger charge is 2.01. The number of aromatic nitrogens is 2. The Labute approximate surface area is 147 Å². The second-order valence-electron chi connectivity index (χ2n) is 5.57. The van der Waals surface area contributed by atoms with Crippen LogP contribution >= 0.6 is 0 Å². The van der Waals surface area contributed by atoms with Gasteiger partial charge in [-0.1, -0.05) is 60.7 Å². The molecule has 1 N–H and O–H groups in total. The highest BCUT2D eigenvalue weighted by Crippen LogP contribution is 2.13. The van der Waals surface area contributed by atoms with Crippen molar-refractivity contribution < 1.29 is 4.79 Å². The molecule has 0 bridgehead atoms. The molecule has 0 atom stereocenters. The minimum Gasteiger partial charge on any atom is -0.352 e. The highest BCUT2D eigenvalue weighted by molar-refractivity contribution is 5.91. The maximum atomic E-state index is 11.8. The van der Waals surface area contributed by atoms with E-state index in [1.54, 1.807) is 24.5 Å². The van der Waals surface area contributed by atoms with Crippen LogP contribution in [0.25, 0.3) is 17.5 Å². The molecule has 25 heavy (non-hydrogen) atoms. The van der Waals surface area contributed by atoms with Crippen LogP contribution in [-0.4, -0.2) is 22.4 Å². The summed E-state index contributed by atoms with van der Waals surface area (Å²) in [6, 6.07) is 19.6. The van der Waals surface area contributed by atoms with Gasteiger partial charge in [-0.2, -0.15) is 0 Å². The summed E-state index contributed by atoms with van der Waals surface area (Å²) in [6.07, 6.45) is 7.65. The first-order chi connectivity index (χ1) is 12.3. The minimum absolute atomic E-state index is 0.106. The molecular formula is C21H19N3O. The van der Waals surface area contributed by atoms with Gasteiger partial charge in [-0.25, -0.2) is 9.97 Å². The summed E-state index contributed by atoms with van der Waals surface area (Å²) in [6.45, 7) is 0.548. The smallest absolute Gasteiger partial charge is 0.244 e. The fourth-order valence-corrected chi connectivity index (χ4v) is 2.35. The van der Waals surface area contributed by atoms with Gasteiger partial charge >= 0.3 is 0 Å². The molecule has 2 aromatic carbocycles. The lowest BCUT2D eigenvalue weighted by molar-refractivity contribution is -0.116. The molecule has 4 heteroatoms. The standard InChI is InChI=1S/C21H19N3O/c25-20(12-11-17-7-3-1-4-8-17)22-14-13-18-15-23-21(24-16-18)19-9-5-2-6-10-19/h1-12,15-16H,13-14H2,(H,22,25)/b12-11+. The van der Waals surface area contributed by atoms with Crippen molar-refractivity contribution in [2.24, 2.45) is 0 Å². The van der Waals surface area contributed by atoms with Crippen LogP contribution in [-0.2, 0) is 11.2 Å². The SMILES string of the molecule is O=C(/C=C/c1ccccc1)NCCc1cnc(-c2ccccc2)nc1. The number of hydrogen-bond acceptors (Lipinski definition) is 3. The van der Waals surface area contributed by atoms with Crippen molar-refractivity contribution in [1.82, 2.24) is 15.3 Å². The Morgan fingerprint density at radius 3 is 2.24 bits per heavy atom. The van der Waals surface area contributed by atoms with Crippen molar-refractivity contribution >= 4 is 12.0 Å². The molecule has 3 rings (SSSR count). The summed E-state index contributed by atoms with van der Waals surface area (Å²) in [7, 11) is 0. The van der Waals surface area contributed by atoms with E-state index in [0.29, 0.717) is 18.8 Å². The van der Waals surface area contributed by atoms with E-state index in [2.05, 4.69) is 15.3 Å². The molecule has 3 aromatic rings. The van der Waals surface area contributed by atoms with Crippen molar-refractivity contribution in [3.8, 4) is 11.4 Å². The Morgan fingerprint density at radius 1 is 0.920 bits per heavy atom. The normalized spacial score (nSPS) is 10.7. The molecular weight excluding hydrogens is 310 g/mol. The first kappa shape index (κ1) is 16.6. The molecule has 124 valence electrons.